The fourth-order valence-electron chi connectivity index (χ4n) is 5.23. The predicted molar refractivity (Wildman–Crippen MR) is 246 cm³/mol. The molecule has 0 saturated carbocycles. The van der Waals surface area contributed by atoms with E-state index < -0.39 is 58.8 Å². The zero-order valence-corrected chi connectivity index (χ0v) is 39.5. The topological polar surface area (TPSA) is 234 Å². The van der Waals surface area contributed by atoms with E-state index in [9.17, 15) is 37.1 Å². The Kier molecular flexibility index (Phi) is 22.5. The number of carbonyl (C=O) groups is 5. The van der Waals surface area contributed by atoms with Crippen LogP contribution < -0.4 is 38.1 Å². The minimum atomic E-state index is -0.730. The van der Waals surface area contributed by atoms with Gasteiger partial charge in [-0.1, -0.05) is 48.5 Å². The number of halogens is 3. The number of nitrogens with one attached hydrogen (secondary N) is 5. The van der Waals surface area contributed by atoms with Crippen molar-refractivity contribution in [3.8, 4) is 0 Å². The summed E-state index contributed by atoms with van der Waals surface area (Å²) in [5, 5.41) is 12.6. The Morgan fingerprint density at radius 3 is 1.16 bits per heavy atom. The molecule has 0 heterocycles. The molecule has 0 atom stereocenters. The maximum atomic E-state index is 14.0. The molecule has 4 rings (SSSR count). The van der Waals surface area contributed by atoms with Gasteiger partial charge in [0.05, 0.1) is 0 Å². The van der Waals surface area contributed by atoms with E-state index in [-0.39, 0.29) is 57.3 Å². The van der Waals surface area contributed by atoms with E-state index in [4.69, 9.17) is 30.4 Å². The molecule has 4 aromatic carbocycles. The second-order valence-corrected chi connectivity index (χ2v) is 17.7. The third-order valence-corrected chi connectivity index (χ3v) is 8.15. The summed E-state index contributed by atoms with van der Waals surface area (Å²) in [7, 11) is 0. The molecule has 0 aliphatic heterocycles. The number of benzene rings is 4. The van der Waals surface area contributed by atoms with E-state index in [1.165, 1.54) is 18.2 Å². The summed E-state index contributed by atoms with van der Waals surface area (Å²) in [6, 6.07) is 21.9. The van der Waals surface area contributed by atoms with Crippen LogP contribution in [0.4, 0.5) is 37.1 Å². The van der Waals surface area contributed by atoms with Crippen molar-refractivity contribution in [2.45, 2.75) is 125 Å². The molecule has 366 valence electrons. The molecule has 0 fully saturated rings. The number of nitrogens with two attached hydrogens (primary N) is 2. The van der Waals surface area contributed by atoms with Gasteiger partial charge in [-0.25, -0.2) is 37.1 Å². The van der Waals surface area contributed by atoms with Gasteiger partial charge in [-0.05, 0) is 121 Å². The molecular weight excluding hydrogens is 876 g/mol. The van der Waals surface area contributed by atoms with Crippen LogP contribution in [-0.4, -0.2) is 47.2 Å². The van der Waals surface area contributed by atoms with Crippen LogP contribution in [0.5, 0.6) is 0 Å². The SMILES string of the molecule is CC(C)(C)OC(=O)NCc1ccc(F)c(CN)c1.CC(C)(C)OC(=O)NCc1ccc(F)c(CNC(=O)OCc2ccccc2)c1.CC(C)(C)OC(=O)NCc1ccc(F)c(CNC(N)=O)c1. The van der Waals surface area contributed by atoms with Crippen molar-refractivity contribution in [1.29, 1.82) is 0 Å². The fraction of sp³-hybridized carbons (Fsp3) is 0.396. The van der Waals surface area contributed by atoms with Crippen molar-refractivity contribution in [3.05, 3.63) is 141 Å². The fourth-order valence-corrected chi connectivity index (χ4v) is 5.23. The van der Waals surface area contributed by atoms with E-state index in [0.717, 1.165) is 11.1 Å². The van der Waals surface area contributed by atoms with Crippen LogP contribution in [0.3, 0.4) is 0 Å². The van der Waals surface area contributed by atoms with Crippen LogP contribution in [-0.2, 0) is 64.8 Å². The van der Waals surface area contributed by atoms with E-state index in [1.54, 1.807) is 98.7 Å². The Morgan fingerprint density at radius 2 is 0.806 bits per heavy atom. The Labute approximate surface area is 390 Å². The number of urea groups is 1. The summed E-state index contributed by atoms with van der Waals surface area (Å²) in [5.41, 5.74) is 12.7. The van der Waals surface area contributed by atoms with Crippen LogP contribution in [0.1, 0.15) is 101 Å². The molecule has 19 heteroatoms. The number of rotatable bonds is 13. The standard InChI is InChI=1S/C21H25FN2O4.C14H20FN3O3.C13H19FN2O2/c1-21(2,3)28-20(26)23-12-16-9-10-18(22)17(11-16)13-24-19(25)27-14-15-7-5-4-6-8-15;1-14(2,3)21-13(20)18-7-9-4-5-11(15)10(6-9)8-17-12(16)19;1-13(2,3)18-12(17)16-8-9-4-5-11(14)10(6-9)7-15/h4-11H,12-14H2,1-3H3,(H,23,26)(H,24,25);4-6H,7-8H2,1-3H3,(H,18,20)(H3,16,17,19);4-6H,7-8,15H2,1-3H3,(H,16,17). The van der Waals surface area contributed by atoms with Crippen LogP contribution in [0.25, 0.3) is 0 Å². The molecule has 4 aromatic rings. The average molecular weight is 940 g/mol. The number of primary amides is 1. The van der Waals surface area contributed by atoms with Gasteiger partial charge in [-0.3, -0.25) is 0 Å². The lowest BCUT2D eigenvalue weighted by molar-refractivity contribution is 0.0512. The summed E-state index contributed by atoms with van der Waals surface area (Å²) in [4.78, 5) is 57.1. The highest BCUT2D eigenvalue weighted by molar-refractivity contribution is 5.71. The number of amides is 6. The molecule has 9 N–H and O–H groups in total. The highest BCUT2D eigenvalue weighted by atomic mass is 19.1. The molecule has 0 spiro atoms. The first-order chi connectivity index (χ1) is 31.2. The first-order valence-electron chi connectivity index (χ1n) is 21.1. The largest absolute Gasteiger partial charge is 0.445 e. The molecule has 0 aromatic heterocycles. The van der Waals surface area contributed by atoms with Gasteiger partial charge in [0.1, 0.15) is 40.9 Å². The number of alkyl carbamates (subject to hydrolysis) is 4. The van der Waals surface area contributed by atoms with Crippen molar-refractivity contribution in [2.24, 2.45) is 11.5 Å². The molecule has 0 aliphatic rings. The van der Waals surface area contributed by atoms with Crippen molar-refractivity contribution < 1.29 is 56.1 Å². The lowest BCUT2D eigenvalue weighted by atomic mass is 10.1. The van der Waals surface area contributed by atoms with Gasteiger partial charge in [-0.15, -0.1) is 0 Å². The number of ether oxygens (including phenoxy) is 4. The molecule has 0 bridgehead atoms. The second-order valence-electron chi connectivity index (χ2n) is 17.7. The Hall–Kier alpha value is -7.02. The van der Waals surface area contributed by atoms with Crippen molar-refractivity contribution in [3.63, 3.8) is 0 Å². The van der Waals surface area contributed by atoms with Gasteiger partial charge < -0.3 is 57.0 Å². The highest BCUT2D eigenvalue weighted by Crippen LogP contribution is 2.15. The molecule has 6 amide bonds. The maximum Gasteiger partial charge on any atom is 0.407 e. The smallest absolute Gasteiger partial charge is 0.407 e. The van der Waals surface area contributed by atoms with Gasteiger partial charge in [0.2, 0.25) is 0 Å². The number of carbonyl (C=O) groups excluding carboxylic acids is 5. The molecule has 16 nitrogen and oxygen atoms in total. The summed E-state index contributed by atoms with van der Waals surface area (Å²) in [6.45, 7) is 16.8. The lowest BCUT2D eigenvalue weighted by Gasteiger charge is -2.19. The molecular formula is C48H64F3N7O9. The summed E-state index contributed by atoms with van der Waals surface area (Å²) >= 11 is 0. The van der Waals surface area contributed by atoms with E-state index in [2.05, 4.69) is 26.6 Å². The number of hydrogen-bond acceptors (Lipinski definition) is 10. The Morgan fingerprint density at radius 1 is 0.463 bits per heavy atom. The molecule has 0 radical (unpaired) electrons. The lowest BCUT2D eigenvalue weighted by Crippen LogP contribution is -2.32. The van der Waals surface area contributed by atoms with Crippen LogP contribution in [0.15, 0.2) is 84.9 Å². The van der Waals surface area contributed by atoms with Crippen molar-refractivity contribution >= 4 is 30.4 Å². The monoisotopic (exact) mass is 939 g/mol. The third-order valence-electron chi connectivity index (χ3n) is 8.15. The first kappa shape index (κ1) is 56.1. The van der Waals surface area contributed by atoms with E-state index in [1.807, 2.05) is 30.3 Å². The second kappa shape index (κ2) is 26.8. The number of hydrogen-bond donors (Lipinski definition) is 7. The van der Waals surface area contributed by atoms with Crippen molar-refractivity contribution in [1.82, 2.24) is 26.6 Å². The van der Waals surface area contributed by atoms with Gasteiger partial charge in [0.15, 0.2) is 0 Å². The van der Waals surface area contributed by atoms with Gasteiger partial charge in [-0.2, -0.15) is 0 Å². The normalized spacial score (nSPS) is 10.9. The minimum Gasteiger partial charge on any atom is -0.445 e. The van der Waals surface area contributed by atoms with Crippen LogP contribution in [0.2, 0.25) is 0 Å². The molecule has 0 unspecified atom stereocenters. The maximum absolute atomic E-state index is 14.0. The van der Waals surface area contributed by atoms with Crippen LogP contribution >= 0.6 is 0 Å². The highest BCUT2D eigenvalue weighted by Gasteiger charge is 2.18. The minimum absolute atomic E-state index is 0.0125. The van der Waals surface area contributed by atoms with Gasteiger partial charge in [0.25, 0.3) is 0 Å². The zero-order valence-electron chi connectivity index (χ0n) is 39.5. The average Bonchev–Trinajstić information content (AvgIpc) is 3.23. The molecule has 67 heavy (non-hydrogen) atoms. The first-order valence-corrected chi connectivity index (χ1v) is 21.1. The van der Waals surface area contributed by atoms with Gasteiger partial charge >= 0.3 is 30.4 Å². The third kappa shape index (κ3) is 25.3. The zero-order chi connectivity index (χ0) is 50.4. The molecule has 0 aliphatic carbocycles. The Balaban J connectivity index is 0.000000355. The molecule has 0 saturated heterocycles. The van der Waals surface area contributed by atoms with E-state index >= 15 is 0 Å². The summed E-state index contributed by atoms with van der Waals surface area (Å²) < 4.78 is 61.2. The van der Waals surface area contributed by atoms with Crippen LogP contribution in [0, 0.1) is 17.5 Å². The summed E-state index contributed by atoms with van der Waals surface area (Å²) in [5.74, 6) is -1.24. The quantitative estimate of drug-likeness (QED) is 0.0631. The Bertz CT molecular complexity index is 2250. The van der Waals surface area contributed by atoms with Gasteiger partial charge in [0, 0.05) is 56.0 Å². The summed E-state index contributed by atoms with van der Waals surface area (Å²) in [6.07, 6.45) is -2.24. The van der Waals surface area contributed by atoms with E-state index in [0.29, 0.717) is 22.3 Å². The predicted octanol–water partition coefficient (Wildman–Crippen LogP) is 8.60. The van der Waals surface area contributed by atoms with Crippen molar-refractivity contribution in [2.75, 3.05) is 0 Å².